The molecule has 4 nitrogen and oxygen atoms in total. The second-order valence-electron chi connectivity index (χ2n) is 5.97. The van der Waals surface area contributed by atoms with E-state index in [9.17, 15) is 8.42 Å². The normalized spacial score (nSPS) is 28.9. The van der Waals surface area contributed by atoms with Crippen LogP contribution in [0.25, 0.3) is 0 Å². The van der Waals surface area contributed by atoms with Gasteiger partial charge < -0.3 is 5.73 Å². The zero-order chi connectivity index (χ0) is 14.3. The maximum Gasteiger partial charge on any atom is 0.240 e. The van der Waals surface area contributed by atoms with E-state index in [1.165, 1.54) is 37.5 Å². The van der Waals surface area contributed by atoms with Gasteiger partial charge in [-0.2, -0.15) is 0 Å². The van der Waals surface area contributed by atoms with E-state index in [-0.39, 0.29) is 10.6 Å². The Bertz CT molecular complexity index is 618. The number of halogens is 1. The van der Waals surface area contributed by atoms with Gasteiger partial charge in [-0.15, -0.1) is 0 Å². The van der Waals surface area contributed by atoms with E-state index < -0.39 is 10.0 Å². The van der Waals surface area contributed by atoms with Crippen LogP contribution in [0.2, 0.25) is 5.02 Å². The average Bonchev–Trinajstić information content (AvgIpc) is 3.02. The second kappa shape index (κ2) is 5.20. The van der Waals surface area contributed by atoms with Crippen LogP contribution in [0.4, 0.5) is 5.69 Å². The molecule has 2 aliphatic rings. The van der Waals surface area contributed by atoms with Gasteiger partial charge in [-0.05, 0) is 55.2 Å². The Morgan fingerprint density at radius 1 is 1.30 bits per heavy atom. The molecule has 6 heteroatoms. The lowest BCUT2D eigenvalue weighted by molar-refractivity contribution is 0.333. The molecule has 3 N–H and O–H groups in total. The van der Waals surface area contributed by atoms with Crippen molar-refractivity contribution in [3.05, 3.63) is 23.2 Å². The lowest BCUT2D eigenvalue weighted by atomic mass is 9.89. The fourth-order valence-corrected chi connectivity index (χ4v) is 4.86. The summed E-state index contributed by atoms with van der Waals surface area (Å²) in [7, 11) is -3.49. The highest BCUT2D eigenvalue weighted by Crippen LogP contribution is 2.48. The molecule has 0 saturated heterocycles. The molecule has 3 unspecified atom stereocenters. The van der Waals surface area contributed by atoms with Crippen molar-refractivity contribution < 1.29 is 8.42 Å². The number of nitrogens with one attached hydrogen (secondary N) is 1. The third kappa shape index (κ3) is 2.67. The van der Waals surface area contributed by atoms with Crippen LogP contribution in [0.15, 0.2) is 23.1 Å². The first-order chi connectivity index (χ1) is 9.45. The predicted octanol–water partition coefficient (Wildman–Crippen LogP) is 2.64. The van der Waals surface area contributed by atoms with E-state index in [4.69, 9.17) is 17.3 Å². The van der Waals surface area contributed by atoms with E-state index >= 15 is 0 Å². The first-order valence-corrected chi connectivity index (χ1v) is 8.86. The number of rotatable bonds is 4. The van der Waals surface area contributed by atoms with Gasteiger partial charge in [0, 0.05) is 6.54 Å². The topological polar surface area (TPSA) is 72.2 Å². The summed E-state index contributed by atoms with van der Waals surface area (Å²) in [6.45, 7) is 0.534. The van der Waals surface area contributed by atoms with Gasteiger partial charge in [0.05, 0.1) is 15.6 Å². The minimum absolute atomic E-state index is 0.183. The zero-order valence-electron chi connectivity index (χ0n) is 11.2. The molecule has 20 heavy (non-hydrogen) atoms. The summed E-state index contributed by atoms with van der Waals surface area (Å²) in [5.74, 6) is 2.02. The highest BCUT2D eigenvalue weighted by molar-refractivity contribution is 7.89. The molecule has 2 saturated carbocycles. The minimum atomic E-state index is -3.49. The summed E-state index contributed by atoms with van der Waals surface area (Å²) < 4.78 is 27.2. The number of hydrogen-bond acceptors (Lipinski definition) is 3. The van der Waals surface area contributed by atoms with Crippen molar-refractivity contribution in [1.29, 1.82) is 0 Å². The van der Waals surface area contributed by atoms with E-state index in [1.54, 1.807) is 0 Å². The predicted molar refractivity (Wildman–Crippen MR) is 80.0 cm³/mol. The Morgan fingerprint density at radius 2 is 2.10 bits per heavy atom. The number of anilines is 1. The molecular formula is C14H19ClN2O2S. The first-order valence-electron chi connectivity index (χ1n) is 7.00. The second-order valence-corrected chi connectivity index (χ2v) is 8.14. The fraction of sp³-hybridized carbons (Fsp3) is 0.571. The van der Waals surface area contributed by atoms with Crippen LogP contribution in [0.1, 0.15) is 25.7 Å². The third-order valence-electron chi connectivity index (χ3n) is 4.70. The van der Waals surface area contributed by atoms with Crippen LogP contribution in [-0.2, 0) is 10.0 Å². The Kier molecular flexibility index (Phi) is 3.69. The van der Waals surface area contributed by atoms with Gasteiger partial charge in [-0.25, -0.2) is 13.1 Å². The van der Waals surface area contributed by atoms with Crippen molar-refractivity contribution in [3.63, 3.8) is 0 Å². The molecule has 0 aromatic heterocycles. The van der Waals surface area contributed by atoms with Gasteiger partial charge in [-0.1, -0.05) is 18.0 Å². The Hall–Kier alpha value is -0.780. The molecule has 3 rings (SSSR count). The highest BCUT2D eigenvalue weighted by atomic mass is 35.5. The monoisotopic (exact) mass is 314 g/mol. The van der Waals surface area contributed by atoms with E-state index in [1.807, 2.05) is 0 Å². The quantitative estimate of drug-likeness (QED) is 0.839. The van der Waals surface area contributed by atoms with E-state index in [0.29, 0.717) is 23.4 Å². The lowest BCUT2D eigenvalue weighted by Crippen LogP contribution is -2.31. The maximum atomic E-state index is 12.2. The van der Waals surface area contributed by atoms with Gasteiger partial charge >= 0.3 is 0 Å². The van der Waals surface area contributed by atoms with Crippen LogP contribution < -0.4 is 10.5 Å². The van der Waals surface area contributed by atoms with Gasteiger partial charge in [0.1, 0.15) is 0 Å². The highest BCUT2D eigenvalue weighted by Gasteiger charge is 2.39. The number of sulfonamides is 1. The fourth-order valence-electron chi connectivity index (χ4n) is 3.62. The molecule has 3 atom stereocenters. The molecule has 0 radical (unpaired) electrons. The molecule has 2 bridgehead atoms. The van der Waals surface area contributed by atoms with Crippen LogP contribution in [0, 0.1) is 17.8 Å². The summed E-state index contributed by atoms with van der Waals surface area (Å²) in [6.07, 6.45) is 5.02. The Labute approximate surface area is 124 Å². The molecule has 0 heterocycles. The largest absolute Gasteiger partial charge is 0.397 e. The van der Waals surface area contributed by atoms with E-state index in [2.05, 4.69) is 4.72 Å². The van der Waals surface area contributed by atoms with Crippen LogP contribution in [0.5, 0.6) is 0 Å². The van der Waals surface area contributed by atoms with Crippen LogP contribution in [-0.4, -0.2) is 15.0 Å². The third-order valence-corrected chi connectivity index (χ3v) is 6.46. The Morgan fingerprint density at radius 3 is 2.70 bits per heavy atom. The molecule has 0 aliphatic heterocycles. The van der Waals surface area contributed by atoms with Crippen LogP contribution in [0.3, 0.4) is 0 Å². The summed E-state index contributed by atoms with van der Waals surface area (Å²) in [4.78, 5) is 0.183. The Balaban J connectivity index is 1.68. The molecule has 1 aromatic carbocycles. The average molecular weight is 315 g/mol. The van der Waals surface area contributed by atoms with Crippen molar-refractivity contribution >= 4 is 27.3 Å². The van der Waals surface area contributed by atoms with Crippen molar-refractivity contribution in [3.8, 4) is 0 Å². The summed E-state index contributed by atoms with van der Waals surface area (Å²) in [6, 6.07) is 4.41. The van der Waals surface area contributed by atoms with Crippen molar-refractivity contribution in [2.24, 2.45) is 17.8 Å². The summed E-state index contributed by atoms with van der Waals surface area (Å²) >= 11 is 5.81. The molecule has 2 fully saturated rings. The van der Waals surface area contributed by atoms with Gasteiger partial charge in [0.15, 0.2) is 0 Å². The van der Waals surface area contributed by atoms with E-state index in [0.717, 1.165) is 12.3 Å². The number of hydrogen-bond donors (Lipinski definition) is 2. The molecule has 0 amide bonds. The number of nitrogen functional groups attached to an aromatic ring is 1. The molecule has 0 spiro atoms. The minimum Gasteiger partial charge on any atom is -0.397 e. The SMILES string of the molecule is Nc1cc(S(=O)(=O)NCC2CC3CCC2C3)ccc1Cl. The van der Waals surface area contributed by atoms with Crippen molar-refractivity contribution in [1.82, 2.24) is 4.72 Å². The standard InChI is InChI=1S/C14H19ClN2O2S/c15-13-4-3-12(7-14(13)16)20(18,19)17-8-11-6-9-1-2-10(11)5-9/h3-4,7,9-11,17H,1-2,5-6,8,16H2. The number of fused-ring (bicyclic) bond motifs is 2. The summed E-state index contributed by atoms with van der Waals surface area (Å²) in [5, 5.41) is 0.372. The molecule has 2 aliphatic carbocycles. The maximum absolute atomic E-state index is 12.2. The van der Waals surface area contributed by atoms with Crippen molar-refractivity contribution in [2.45, 2.75) is 30.6 Å². The number of nitrogens with two attached hydrogens (primary N) is 1. The smallest absolute Gasteiger partial charge is 0.240 e. The first kappa shape index (κ1) is 14.2. The van der Waals surface area contributed by atoms with Crippen molar-refractivity contribution in [2.75, 3.05) is 12.3 Å². The van der Waals surface area contributed by atoms with Gasteiger partial charge in [0.25, 0.3) is 0 Å². The summed E-state index contributed by atoms with van der Waals surface area (Å²) in [5.41, 5.74) is 5.95. The van der Waals surface area contributed by atoms with Crippen LogP contribution >= 0.6 is 11.6 Å². The molecule has 110 valence electrons. The molecular weight excluding hydrogens is 296 g/mol. The lowest BCUT2D eigenvalue weighted by Gasteiger charge is -2.21. The van der Waals surface area contributed by atoms with Gasteiger partial charge in [-0.3, -0.25) is 0 Å². The molecule has 1 aromatic rings. The zero-order valence-corrected chi connectivity index (χ0v) is 12.8. The number of benzene rings is 1. The van der Waals surface area contributed by atoms with Gasteiger partial charge in [0.2, 0.25) is 10.0 Å².